The summed E-state index contributed by atoms with van der Waals surface area (Å²) in [6.07, 6.45) is -4.02. The van der Waals surface area contributed by atoms with Crippen LogP contribution in [0.25, 0.3) is 0 Å². The van der Waals surface area contributed by atoms with Gasteiger partial charge < -0.3 is 14.7 Å². The van der Waals surface area contributed by atoms with E-state index < -0.39 is 24.6 Å². The van der Waals surface area contributed by atoms with Crippen molar-refractivity contribution >= 4 is 5.82 Å². The molecule has 26 heavy (non-hydrogen) atoms. The summed E-state index contributed by atoms with van der Waals surface area (Å²) in [5, 5.41) is 9.74. The number of aryl methyl sites for hydroxylation is 1. The minimum absolute atomic E-state index is 0.0195. The Morgan fingerprint density at radius 1 is 1.12 bits per heavy atom. The van der Waals surface area contributed by atoms with E-state index in [1.165, 1.54) is 12.3 Å². The van der Waals surface area contributed by atoms with E-state index in [1.54, 1.807) is 36.1 Å². The van der Waals surface area contributed by atoms with Crippen molar-refractivity contribution in [1.29, 1.82) is 0 Å². The maximum absolute atomic E-state index is 13.6. The van der Waals surface area contributed by atoms with Gasteiger partial charge in [-0.2, -0.15) is 13.2 Å². The second kappa shape index (κ2) is 6.75. The summed E-state index contributed by atoms with van der Waals surface area (Å²) in [4.78, 5) is 5.81. The topological polar surface area (TPSA) is 45.6 Å². The molecule has 1 aromatic heterocycles. The average Bonchev–Trinajstić information content (AvgIpc) is 2.58. The van der Waals surface area contributed by atoms with Gasteiger partial charge in [-0.15, -0.1) is 0 Å². The van der Waals surface area contributed by atoms with E-state index in [1.807, 2.05) is 0 Å². The fourth-order valence-electron chi connectivity index (χ4n) is 2.80. The van der Waals surface area contributed by atoms with Crippen molar-refractivity contribution in [1.82, 2.24) is 4.98 Å². The molecule has 1 aliphatic heterocycles. The Morgan fingerprint density at radius 2 is 1.77 bits per heavy atom. The third kappa shape index (κ3) is 3.75. The Balaban J connectivity index is 1.71. The second-order valence-corrected chi connectivity index (χ2v) is 6.38. The molecule has 0 spiro atoms. The fraction of sp³-hybridized carbons (Fsp3) is 0.389. The van der Waals surface area contributed by atoms with Crippen molar-refractivity contribution < 1.29 is 27.4 Å². The van der Waals surface area contributed by atoms with Crippen LogP contribution >= 0.6 is 0 Å². The first kappa shape index (κ1) is 18.4. The number of alkyl halides is 3. The SMILES string of the molecule is Cc1ccc(Oc2ccnc(N3CCC(O)(C(F)(F)F)CC3)c2)cc1F. The zero-order chi connectivity index (χ0) is 18.9. The van der Waals surface area contributed by atoms with Gasteiger partial charge in [0.25, 0.3) is 0 Å². The molecule has 3 rings (SSSR count). The molecule has 0 amide bonds. The Morgan fingerprint density at radius 3 is 2.38 bits per heavy atom. The number of halogens is 4. The van der Waals surface area contributed by atoms with Gasteiger partial charge in [0.1, 0.15) is 23.1 Å². The van der Waals surface area contributed by atoms with Crippen LogP contribution in [0.3, 0.4) is 0 Å². The van der Waals surface area contributed by atoms with Gasteiger partial charge in [-0.1, -0.05) is 6.07 Å². The van der Waals surface area contributed by atoms with E-state index in [2.05, 4.69) is 4.98 Å². The normalized spacial score (nSPS) is 17.2. The van der Waals surface area contributed by atoms with Gasteiger partial charge in [-0.05, 0) is 24.6 Å². The third-order valence-electron chi connectivity index (χ3n) is 4.54. The molecule has 4 nitrogen and oxygen atoms in total. The highest BCUT2D eigenvalue weighted by atomic mass is 19.4. The first-order valence-corrected chi connectivity index (χ1v) is 8.12. The van der Waals surface area contributed by atoms with E-state index in [4.69, 9.17) is 4.74 Å². The number of aromatic nitrogens is 1. The molecule has 1 fully saturated rings. The van der Waals surface area contributed by atoms with E-state index in [0.717, 1.165) is 0 Å². The van der Waals surface area contributed by atoms with Gasteiger partial charge in [-0.25, -0.2) is 9.37 Å². The largest absolute Gasteiger partial charge is 0.457 e. The molecule has 1 aliphatic rings. The van der Waals surface area contributed by atoms with Gasteiger partial charge in [0.2, 0.25) is 0 Å². The molecule has 0 atom stereocenters. The lowest BCUT2D eigenvalue weighted by Gasteiger charge is -2.39. The number of nitrogens with zero attached hydrogens (tertiary/aromatic N) is 2. The highest BCUT2D eigenvalue weighted by Crippen LogP contribution is 2.39. The summed E-state index contributed by atoms with van der Waals surface area (Å²) < 4.78 is 57.9. The molecule has 1 N–H and O–H groups in total. The van der Waals surface area contributed by atoms with Crippen LogP contribution in [0.1, 0.15) is 18.4 Å². The van der Waals surface area contributed by atoms with Crippen LogP contribution in [0.2, 0.25) is 0 Å². The van der Waals surface area contributed by atoms with E-state index in [0.29, 0.717) is 22.9 Å². The van der Waals surface area contributed by atoms with Crippen molar-refractivity contribution in [2.24, 2.45) is 0 Å². The first-order chi connectivity index (χ1) is 12.2. The van der Waals surface area contributed by atoms with Gasteiger partial charge in [0.15, 0.2) is 5.60 Å². The Hall–Kier alpha value is -2.35. The molecule has 0 saturated carbocycles. The van der Waals surface area contributed by atoms with Crippen LogP contribution in [0.5, 0.6) is 11.5 Å². The standard InChI is InChI=1S/C18H18F4N2O2/c1-12-2-3-13(10-15(12)19)26-14-4-7-23-16(11-14)24-8-5-17(25,6-9-24)18(20,21)22/h2-4,7,10-11,25H,5-6,8-9H2,1H3. The maximum atomic E-state index is 13.6. The van der Waals surface area contributed by atoms with Gasteiger partial charge in [0.05, 0.1) is 0 Å². The molecular formula is C18H18F4N2O2. The smallest absolute Gasteiger partial charge is 0.417 e. The average molecular weight is 370 g/mol. The predicted molar refractivity (Wildman–Crippen MR) is 87.9 cm³/mol. The monoisotopic (exact) mass is 370 g/mol. The van der Waals surface area contributed by atoms with Crippen LogP contribution in [-0.4, -0.2) is 35.0 Å². The first-order valence-electron chi connectivity index (χ1n) is 8.12. The second-order valence-electron chi connectivity index (χ2n) is 6.38. The van der Waals surface area contributed by atoms with Gasteiger partial charge >= 0.3 is 6.18 Å². The maximum Gasteiger partial charge on any atom is 0.417 e. The number of anilines is 1. The number of hydrogen-bond acceptors (Lipinski definition) is 4. The highest BCUT2D eigenvalue weighted by Gasteiger charge is 2.54. The predicted octanol–water partition coefficient (Wildman–Crippen LogP) is 4.22. The van der Waals surface area contributed by atoms with Crippen LogP contribution in [0, 0.1) is 12.7 Å². The lowest BCUT2D eigenvalue weighted by Crippen LogP contribution is -2.53. The number of aliphatic hydroxyl groups is 1. The minimum Gasteiger partial charge on any atom is -0.457 e. The van der Waals surface area contributed by atoms with Crippen LogP contribution in [0.4, 0.5) is 23.4 Å². The molecule has 140 valence electrons. The zero-order valence-electron chi connectivity index (χ0n) is 14.1. The molecular weight excluding hydrogens is 352 g/mol. The lowest BCUT2D eigenvalue weighted by molar-refractivity contribution is -0.266. The third-order valence-corrected chi connectivity index (χ3v) is 4.54. The van der Waals surface area contributed by atoms with E-state index >= 15 is 0 Å². The summed E-state index contributed by atoms with van der Waals surface area (Å²) in [7, 11) is 0. The summed E-state index contributed by atoms with van der Waals surface area (Å²) in [6, 6.07) is 7.64. The van der Waals surface area contributed by atoms with Gasteiger partial charge in [-0.3, -0.25) is 0 Å². The fourth-order valence-corrected chi connectivity index (χ4v) is 2.80. The van der Waals surface area contributed by atoms with Crippen molar-refractivity contribution in [2.45, 2.75) is 31.5 Å². The quantitative estimate of drug-likeness (QED) is 0.822. The Labute approximate surface area is 148 Å². The Bertz CT molecular complexity index is 787. The molecule has 0 aliphatic carbocycles. The minimum atomic E-state index is -4.65. The van der Waals surface area contributed by atoms with Gasteiger partial charge in [0, 0.05) is 44.3 Å². The van der Waals surface area contributed by atoms with Crippen LogP contribution in [-0.2, 0) is 0 Å². The zero-order valence-corrected chi connectivity index (χ0v) is 14.1. The number of piperidine rings is 1. The van der Waals surface area contributed by atoms with Crippen molar-refractivity contribution in [2.75, 3.05) is 18.0 Å². The molecule has 0 radical (unpaired) electrons. The molecule has 1 saturated heterocycles. The molecule has 8 heteroatoms. The molecule has 0 unspecified atom stereocenters. The molecule has 1 aromatic carbocycles. The number of hydrogen-bond donors (Lipinski definition) is 1. The lowest BCUT2D eigenvalue weighted by atomic mass is 9.91. The van der Waals surface area contributed by atoms with E-state index in [9.17, 15) is 22.7 Å². The highest BCUT2D eigenvalue weighted by molar-refractivity contribution is 5.45. The summed E-state index contributed by atoms with van der Waals surface area (Å²) in [5.74, 6) is 0.767. The van der Waals surface area contributed by atoms with Crippen molar-refractivity contribution in [3.05, 3.63) is 47.9 Å². The summed E-state index contributed by atoms with van der Waals surface area (Å²) in [6.45, 7) is 1.68. The number of pyridine rings is 1. The van der Waals surface area contributed by atoms with Crippen LogP contribution < -0.4 is 9.64 Å². The molecule has 0 bridgehead atoms. The molecule has 2 heterocycles. The summed E-state index contributed by atoms with van der Waals surface area (Å²) >= 11 is 0. The van der Waals surface area contributed by atoms with Crippen molar-refractivity contribution in [3.8, 4) is 11.5 Å². The number of rotatable bonds is 3. The van der Waals surface area contributed by atoms with Crippen LogP contribution in [0.15, 0.2) is 36.5 Å². The van der Waals surface area contributed by atoms with Crippen molar-refractivity contribution in [3.63, 3.8) is 0 Å². The summed E-state index contributed by atoms with van der Waals surface area (Å²) in [5.41, 5.74) is -2.16. The molecule has 2 aromatic rings. The number of benzene rings is 1. The van der Waals surface area contributed by atoms with E-state index in [-0.39, 0.29) is 18.9 Å². The number of ether oxygens (including phenoxy) is 1. The Kier molecular flexibility index (Phi) is 4.79.